The van der Waals surface area contributed by atoms with Crippen molar-refractivity contribution in [1.29, 1.82) is 0 Å². The smallest absolute Gasteiger partial charge is 0.220 e. The predicted molar refractivity (Wildman–Crippen MR) is 87.7 cm³/mol. The van der Waals surface area contributed by atoms with Crippen LogP contribution in [0.15, 0.2) is 34.9 Å². The fraction of sp³-hybridized carbons (Fsp3) is 0.412. The summed E-state index contributed by atoms with van der Waals surface area (Å²) in [6.07, 6.45) is 14.0. The average Bonchev–Trinajstić information content (AvgIpc) is 3.24. The van der Waals surface area contributed by atoms with Crippen LogP contribution in [0.1, 0.15) is 31.2 Å². The lowest BCUT2D eigenvalue weighted by Crippen LogP contribution is -2.27. The molecule has 0 aromatic carbocycles. The van der Waals surface area contributed by atoms with Crippen LogP contribution >= 0.6 is 0 Å². The van der Waals surface area contributed by atoms with Crippen LogP contribution in [-0.4, -0.2) is 28.1 Å². The molecule has 3 rings (SSSR count). The predicted octanol–water partition coefficient (Wildman–Crippen LogP) is 2.58. The Morgan fingerprint density at radius 2 is 2.26 bits per heavy atom. The Labute approximate surface area is 134 Å². The lowest BCUT2D eigenvalue weighted by molar-refractivity contribution is -0.121. The second kappa shape index (κ2) is 6.61. The van der Waals surface area contributed by atoms with Gasteiger partial charge in [-0.2, -0.15) is 10.2 Å². The Kier molecular flexibility index (Phi) is 4.38. The van der Waals surface area contributed by atoms with Crippen LogP contribution < -0.4 is 5.32 Å². The molecule has 0 fully saturated rings. The minimum absolute atomic E-state index is 0.0281. The van der Waals surface area contributed by atoms with Crippen LogP contribution in [0.3, 0.4) is 0 Å². The highest BCUT2D eigenvalue weighted by atomic mass is 16.1. The average molecular weight is 309 g/mol. The first-order valence-electron chi connectivity index (χ1n) is 7.77. The van der Waals surface area contributed by atoms with Crippen molar-refractivity contribution < 1.29 is 4.79 Å². The van der Waals surface area contributed by atoms with Crippen molar-refractivity contribution in [1.82, 2.24) is 15.3 Å². The van der Waals surface area contributed by atoms with Gasteiger partial charge in [0.1, 0.15) is 0 Å². The second-order valence-corrected chi connectivity index (χ2v) is 5.72. The third kappa shape index (κ3) is 3.75. The maximum atomic E-state index is 11.9. The van der Waals surface area contributed by atoms with Gasteiger partial charge in [-0.1, -0.05) is 0 Å². The van der Waals surface area contributed by atoms with Crippen LogP contribution in [0.25, 0.3) is 10.9 Å². The van der Waals surface area contributed by atoms with Crippen molar-refractivity contribution in [3.63, 3.8) is 0 Å². The number of nitrogens with zero attached hydrogens (tertiary/aromatic N) is 3. The Hall–Kier alpha value is -2.68. The first-order chi connectivity index (χ1) is 11.2. The van der Waals surface area contributed by atoms with E-state index in [0.29, 0.717) is 25.8 Å². The molecular weight excluding hydrogens is 290 g/mol. The molecule has 1 aliphatic rings. The van der Waals surface area contributed by atoms with E-state index in [-0.39, 0.29) is 11.6 Å². The van der Waals surface area contributed by atoms with Gasteiger partial charge >= 0.3 is 0 Å². The molecule has 6 nitrogen and oxygen atoms in total. The van der Waals surface area contributed by atoms with Gasteiger partial charge in [0.05, 0.1) is 0 Å². The zero-order chi connectivity index (χ0) is 16.1. The number of aromatic amines is 1. The van der Waals surface area contributed by atoms with Crippen molar-refractivity contribution >= 4 is 16.8 Å². The summed E-state index contributed by atoms with van der Waals surface area (Å²) in [4.78, 5) is 19.3. The molecule has 2 N–H and O–H groups in total. The molecule has 23 heavy (non-hydrogen) atoms. The fourth-order valence-corrected chi connectivity index (χ4v) is 2.63. The van der Waals surface area contributed by atoms with Crippen molar-refractivity contribution in [2.45, 2.75) is 37.8 Å². The molecule has 0 atom stereocenters. The number of rotatable bonds is 8. The molecule has 0 spiro atoms. The molecule has 0 saturated carbocycles. The largest absolute Gasteiger partial charge is 0.361 e. The normalized spacial score (nSPS) is 14.6. The van der Waals surface area contributed by atoms with E-state index in [9.17, 15) is 4.79 Å². The summed E-state index contributed by atoms with van der Waals surface area (Å²) < 4.78 is 0. The van der Waals surface area contributed by atoms with Gasteiger partial charge < -0.3 is 10.3 Å². The van der Waals surface area contributed by atoms with E-state index in [1.165, 1.54) is 0 Å². The topological polar surface area (TPSA) is 82.5 Å². The van der Waals surface area contributed by atoms with Crippen LogP contribution in [0.2, 0.25) is 0 Å². The summed E-state index contributed by atoms with van der Waals surface area (Å²) >= 11 is 0. The molecule has 0 unspecified atom stereocenters. The van der Waals surface area contributed by atoms with E-state index in [1.54, 1.807) is 6.20 Å². The van der Waals surface area contributed by atoms with Crippen molar-refractivity contribution in [3.8, 4) is 12.3 Å². The van der Waals surface area contributed by atoms with E-state index in [4.69, 9.17) is 6.42 Å². The number of fused-ring (bicyclic) bond motifs is 1. The summed E-state index contributed by atoms with van der Waals surface area (Å²) in [6.45, 7) is 0.603. The summed E-state index contributed by atoms with van der Waals surface area (Å²) in [5.41, 5.74) is 1.84. The number of carbonyl (C=O) groups is 1. The number of carbonyl (C=O) groups excluding carboxylic acids is 1. The molecule has 0 bridgehead atoms. The molecule has 1 aliphatic heterocycles. The minimum Gasteiger partial charge on any atom is -0.361 e. The van der Waals surface area contributed by atoms with Gasteiger partial charge in [-0.3, -0.25) is 9.78 Å². The summed E-state index contributed by atoms with van der Waals surface area (Å²) in [6, 6.07) is 1.94. The number of amides is 1. The molecular formula is C17H19N5O. The molecule has 2 aromatic heterocycles. The van der Waals surface area contributed by atoms with E-state index >= 15 is 0 Å². The number of H-pyrrole nitrogens is 1. The third-order valence-electron chi connectivity index (χ3n) is 4.09. The molecule has 0 radical (unpaired) electrons. The quantitative estimate of drug-likeness (QED) is 0.735. The van der Waals surface area contributed by atoms with E-state index in [1.807, 2.05) is 18.5 Å². The number of pyridine rings is 1. The monoisotopic (exact) mass is 309 g/mol. The number of nitrogens with one attached hydrogen (secondary N) is 2. The summed E-state index contributed by atoms with van der Waals surface area (Å²) in [5, 5.41) is 12.1. The zero-order valence-electron chi connectivity index (χ0n) is 12.9. The maximum absolute atomic E-state index is 11.9. The van der Waals surface area contributed by atoms with Crippen LogP contribution in [0.4, 0.5) is 0 Å². The van der Waals surface area contributed by atoms with Gasteiger partial charge in [-0.05, 0) is 18.1 Å². The van der Waals surface area contributed by atoms with Crippen LogP contribution in [0.5, 0.6) is 0 Å². The van der Waals surface area contributed by atoms with Crippen LogP contribution in [-0.2, 0) is 11.2 Å². The van der Waals surface area contributed by atoms with E-state index < -0.39 is 0 Å². The molecule has 1 amide bonds. The Balaban J connectivity index is 1.41. The Bertz CT molecular complexity index is 765. The van der Waals surface area contributed by atoms with Crippen molar-refractivity contribution in [3.05, 3.63) is 30.2 Å². The molecule has 118 valence electrons. The SMILES string of the molecule is C#CCCC1(CCC(=O)NCCc2c[nH]c3ccncc23)N=N1. The molecule has 0 saturated heterocycles. The number of hydrogen-bond donors (Lipinski definition) is 2. The third-order valence-corrected chi connectivity index (χ3v) is 4.09. The van der Waals surface area contributed by atoms with E-state index in [2.05, 4.69) is 31.4 Å². The van der Waals surface area contributed by atoms with Crippen molar-refractivity contribution in [2.24, 2.45) is 10.2 Å². The van der Waals surface area contributed by atoms with Gasteiger partial charge in [0, 0.05) is 61.7 Å². The van der Waals surface area contributed by atoms with Gasteiger partial charge in [0.25, 0.3) is 0 Å². The highest BCUT2D eigenvalue weighted by Gasteiger charge is 2.39. The first kappa shape index (κ1) is 15.2. The molecule has 0 aliphatic carbocycles. The first-order valence-corrected chi connectivity index (χ1v) is 7.77. The van der Waals surface area contributed by atoms with Gasteiger partial charge in [0.15, 0.2) is 5.66 Å². The van der Waals surface area contributed by atoms with Gasteiger partial charge in [0.2, 0.25) is 5.91 Å². The van der Waals surface area contributed by atoms with Crippen LogP contribution in [0, 0.1) is 12.3 Å². The number of hydrogen-bond acceptors (Lipinski definition) is 4. The standard InChI is InChI=1S/C17H19N5O/c1-2-3-7-17(21-22-17)8-4-16(23)19-10-5-13-11-20-15-6-9-18-12-14(13)15/h1,6,9,11-12,20H,3-5,7-8,10H2,(H,19,23). The second-order valence-electron chi connectivity index (χ2n) is 5.72. The summed E-state index contributed by atoms with van der Waals surface area (Å²) in [5.74, 6) is 2.62. The van der Waals surface area contributed by atoms with Gasteiger partial charge in [-0.15, -0.1) is 12.3 Å². The highest BCUT2D eigenvalue weighted by Crippen LogP contribution is 2.37. The Morgan fingerprint density at radius 3 is 3.04 bits per heavy atom. The minimum atomic E-state index is -0.383. The fourth-order valence-electron chi connectivity index (χ4n) is 2.63. The molecule has 2 aromatic rings. The van der Waals surface area contributed by atoms with Crippen molar-refractivity contribution in [2.75, 3.05) is 6.54 Å². The van der Waals surface area contributed by atoms with Gasteiger partial charge in [-0.25, -0.2) is 0 Å². The highest BCUT2D eigenvalue weighted by molar-refractivity contribution is 5.82. The molecule has 6 heteroatoms. The Morgan fingerprint density at radius 1 is 1.39 bits per heavy atom. The maximum Gasteiger partial charge on any atom is 0.220 e. The van der Waals surface area contributed by atoms with E-state index in [0.717, 1.165) is 29.3 Å². The zero-order valence-corrected chi connectivity index (χ0v) is 12.9. The number of terminal acetylenes is 1. The number of aromatic nitrogens is 2. The summed E-state index contributed by atoms with van der Waals surface area (Å²) in [7, 11) is 0. The lowest BCUT2D eigenvalue weighted by atomic mass is 10.0. The molecule has 3 heterocycles. The lowest BCUT2D eigenvalue weighted by Gasteiger charge is -2.09.